The molecule has 0 spiro atoms. The first-order valence-electron chi connectivity index (χ1n) is 5.69. The molecule has 0 saturated carbocycles. The largest absolute Gasteiger partial charge is 0.465 e. The van der Waals surface area contributed by atoms with Crippen molar-refractivity contribution < 1.29 is 27.5 Å². The number of esters is 1. The van der Waals surface area contributed by atoms with E-state index in [1.807, 2.05) is 0 Å². The average Bonchev–Trinajstić information content (AvgIpc) is 2.38. The van der Waals surface area contributed by atoms with E-state index in [1.165, 1.54) is 0 Å². The van der Waals surface area contributed by atoms with Gasteiger partial charge in [-0.2, -0.15) is 13.2 Å². The lowest BCUT2D eigenvalue weighted by atomic mass is 10.0. The summed E-state index contributed by atoms with van der Waals surface area (Å²) in [5.41, 5.74) is -0.933. The molecule has 1 aromatic carbocycles. The fourth-order valence-corrected chi connectivity index (χ4v) is 1.37. The van der Waals surface area contributed by atoms with Gasteiger partial charge in [-0.05, 0) is 25.1 Å². The van der Waals surface area contributed by atoms with Crippen molar-refractivity contribution in [2.45, 2.75) is 19.5 Å². The minimum absolute atomic E-state index is 0.0364. The first-order valence-corrected chi connectivity index (χ1v) is 5.69. The number of benzene rings is 1. The van der Waals surface area contributed by atoms with Gasteiger partial charge in [-0.25, -0.2) is 0 Å². The van der Waals surface area contributed by atoms with Crippen LogP contribution in [0, 0.1) is 11.8 Å². The highest BCUT2D eigenvalue weighted by molar-refractivity contribution is 5.80. The Kier molecular flexibility index (Phi) is 5.32. The third kappa shape index (κ3) is 4.43. The fraction of sp³-hybridized carbons (Fsp3) is 0.286. The topological polar surface area (TPSA) is 43.4 Å². The molecular formula is C14H11F3O3. The lowest BCUT2D eigenvalue weighted by Gasteiger charge is -2.07. The number of rotatable bonds is 3. The molecule has 106 valence electrons. The number of hydrogen-bond donors (Lipinski definition) is 0. The van der Waals surface area contributed by atoms with E-state index in [2.05, 4.69) is 16.6 Å². The quantitative estimate of drug-likeness (QED) is 0.487. The van der Waals surface area contributed by atoms with Crippen molar-refractivity contribution in [2.75, 3.05) is 6.61 Å². The van der Waals surface area contributed by atoms with E-state index in [0.717, 1.165) is 18.2 Å². The van der Waals surface area contributed by atoms with Crippen molar-refractivity contribution in [2.24, 2.45) is 0 Å². The highest BCUT2D eigenvalue weighted by atomic mass is 19.4. The van der Waals surface area contributed by atoms with Gasteiger partial charge in [-0.1, -0.05) is 11.8 Å². The Labute approximate surface area is 113 Å². The van der Waals surface area contributed by atoms with Crippen molar-refractivity contribution in [1.82, 2.24) is 0 Å². The molecule has 0 heterocycles. The molecule has 0 bridgehead atoms. The molecule has 0 fully saturated rings. The van der Waals surface area contributed by atoms with Gasteiger partial charge in [0.25, 0.3) is 0 Å². The Morgan fingerprint density at radius 3 is 2.65 bits per heavy atom. The zero-order chi connectivity index (χ0) is 15.2. The van der Waals surface area contributed by atoms with Gasteiger partial charge in [-0.3, -0.25) is 9.59 Å². The first kappa shape index (κ1) is 15.8. The van der Waals surface area contributed by atoms with Crippen molar-refractivity contribution in [3.63, 3.8) is 0 Å². The predicted octanol–water partition coefficient (Wildman–Crippen LogP) is 2.82. The summed E-state index contributed by atoms with van der Waals surface area (Å²) in [5.74, 6) is 4.20. The van der Waals surface area contributed by atoms with E-state index in [0.29, 0.717) is 6.29 Å². The highest BCUT2D eigenvalue weighted by Crippen LogP contribution is 2.30. The standard InChI is InChI=1S/C14H11F3O3/c1-2-20-13(19)5-3-4-10-8-12(14(15,16)17)7-6-11(10)9-18/h6-9H,2,5H2,1H3. The molecule has 0 atom stereocenters. The van der Waals surface area contributed by atoms with E-state index >= 15 is 0 Å². The van der Waals surface area contributed by atoms with Crippen LogP contribution in [0.3, 0.4) is 0 Å². The molecule has 1 aromatic rings. The number of hydrogen-bond acceptors (Lipinski definition) is 3. The Balaban J connectivity index is 3.01. The molecule has 6 heteroatoms. The Morgan fingerprint density at radius 2 is 2.10 bits per heavy atom. The molecule has 0 radical (unpaired) electrons. The smallest absolute Gasteiger partial charge is 0.416 e. The molecule has 20 heavy (non-hydrogen) atoms. The summed E-state index contributed by atoms with van der Waals surface area (Å²) in [7, 11) is 0. The van der Waals surface area contributed by atoms with Gasteiger partial charge in [0.15, 0.2) is 6.29 Å². The maximum atomic E-state index is 12.5. The van der Waals surface area contributed by atoms with Crippen LogP contribution in [0.4, 0.5) is 13.2 Å². The number of carbonyl (C=O) groups excluding carboxylic acids is 2. The Bertz CT molecular complexity index is 565. The average molecular weight is 284 g/mol. The number of aldehydes is 1. The second-order valence-corrected chi connectivity index (χ2v) is 3.70. The van der Waals surface area contributed by atoms with Gasteiger partial charge in [0.1, 0.15) is 6.42 Å². The lowest BCUT2D eigenvalue weighted by molar-refractivity contribution is -0.142. The van der Waals surface area contributed by atoms with Crippen LogP contribution >= 0.6 is 0 Å². The fourth-order valence-electron chi connectivity index (χ4n) is 1.37. The second-order valence-electron chi connectivity index (χ2n) is 3.70. The van der Waals surface area contributed by atoms with Crippen LogP contribution in [0.15, 0.2) is 18.2 Å². The zero-order valence-electron chi connectivity index (χ0n) is 10.6. The van der Waals surface area contributed by atoms with Gasteiger partial charge in [-0.15, -0.1) is 0 Å². The van der Waals surface area contributed by atoms with E-state index in [9.17, 15) is 22.8 Å². The van der Waals surface area contributed by atoms with Crippen LogP contribution in [-0.2, 0) is 15.7 Å². The number of ether oxygens (including phenoxy) is 1. The zero-order valence-corrected chi connectivity index (χ0v) is 10.6. The summed E-state index contributed by atoms with van der Waals surface area (Å²) in [5, 5.41) is 0. The summed E-state index contributed by atoms with van der Waals surface area (Å²) >= 11 is 0. The molecular weight excluding hydrogens is 273 g/mol. The van der Waals surface area contributed by atoms with Crippen LogP contribution in [0.5, 0.6) is 0 Å². The van der Waals surface area contributed by atoms with Crippen molar-refractivity contribution in [3.05, 3.63) is 34.9 Å². The third-order valence-corrected chi connectivity index (χ3v) is 2.27. The minimum atomic E-state index is -4.51. The number of halogens is 3. The molecule has 0 unspecified atom stereocenters. The highest BCUT2D eigenvalue weighted by Gasteiger charge is 2.30. The predicted molar refractivity (Wildman–Crippen MR) is 65.0 cm³/mol. The summed E-state index contributed by atoms with van der Waals surface area (Å²) < 4.78 is 42.3. The van der Waals surface area contributed by atoms with Gasteiger partial charge < -0.3 is 4.74 Å². The molecule has 1 rings (SSSR count). The van der Waals surface area contributed by atoms with Crippen molar-refractivity contribution in [1.29, 1.82) is 0 Å². The maximum absolute atomic E-state index is 12.5. The second kappa shape index (κ2) is 6.75. The Hall–Kier alpha value is -2.29. The van der Waals surface area contributed by atoms with Crippen molar-refractivity contribution >= 4 is 12.3 Å². The maximum Gasteiger partial charge on any atom is 0.416 e. The molecule has 0 aromatic heterocycles. The van der Waals surface area contributed by atoms with E-state index in [-0.39, 0.29) is 24.2 Å². The Morgan fingerprint density at radius 1 is 1.40 bits per heavy atom. The SMILES string of the molecule is CCOC(=O)CC#Cc1cc(C(F)(F)F)ccc1C=O. The van der Waals surface area contributed by atoms with Crippen LogP contribution in [0.1, 0.15) is 34.8 Å². The van der Waals surface area contributed by atoms with Crippen LogP contribution in [0.2, 0.25) is 0 Å². The van der Waals surface area contributed by atoms with E-state index < -0.39 is 17.7 Å². The normalized spacial score (nSPS) is 10.4. The van der Waals surface area contributed by atoms with Gasteiger partial charge in [0.05, 0.1) is 12.2 Å². The molecule has 0 aliphatic carbocycles. The molecule has 3 nitrogen and oxygen atoms in total. The molecule has 0 N–H and O–H groups in total. The van der Waals surface area contributed by atoms with Crippen LogP contribution in [0.25, 0.3) is 0 Å². The van der Waals surface area contributed by atoms with E-state index in [1.54, 1.807) is 6.92 Å². The monoisotopic (exact) mass is 284 g/mol. The molecule has 0 amide bonds. The van der Waals surface area contributed by atoms with Gasteiger partial charge in [0, 0.05) is 11.1 Å². The summed E-state index contributed by atoms with van der Waals surface area (Å²) in [6.45, 7) is 1.83. The summed E-state index contributed by atoms with van der Waals surface area (Å²) in [6, 6.07) is 2.63. The molecule has 0 aliphatic rings. The first-order chi connectivity index (χ1) is 9.38. The lowest BCUT2D eigenvalue weighted by Crippen LogP contribution is -2.06. The van der Waals surface area contributed by atoms with Gasteiger partial charge >= 0.3 is 12.1 Å². The summed E-state index contributed by atoms with van der Waals surface area (Å²) in [4.78, 5) is 21.8. The third-order valence-electron chi connectivity index (χ3n) is 2.27. The van der Waals surface area contributed by atoms with Gasteiger partial charge in [0.2, 0.25) is 0 Å². The van der Waals surface area contributed by atoms with Crippen molar-refractivity contribution in [3.8, 4) is 11.8 Å². The summed E-state index contributed by atoms with van der Waals surface area (Å²) in [6.07, 6.45) is -4.35. The molecule has 0 saturated heterocycles. The van der Waals surface area contributed by atoms with Crippen LogP contribution in [-0.4, -0.2) is 18.9 Å². The minimum Gasteiger partial charge on any atom is -0.465 e. The number of alkyl halides is 3. The van der Waals surface area contributed by atoms with Crippen LogP contribution < -0.4 is 0 Å². The molecule has 0 aliphatic heterocycles. The van der Waals surface area contributed by atoms with E-state index in [4.69, 9.17) is 0 Å². The number of carbonyl (C=O) groups is 2.